The Bertz CT molecular complexity index is 797. The van der Waals surface area contributed by atoms with Crippen LogP contribution in [-0.4, -0.2) is 78.6 Å². The number of aliphatic imine (C=N–C) groups is 1. The van der Waals surface area contributed by atoms with Gasteiger partial charge < -0.3 is 20.3 Å². The van der Waals surface area contributed by atoms with E-state index in [0.717, 1.165) is 69.4 Å². The molecule has 2 fully saturated rings. The van der Waals surface area contributed by atoms with Crippen molar-refractivity contribution in [1.82, 2.24) is 9.80 Å². The van der Waals surface area contributed by atoms with Gasteiger partial charge in [-0.1, -0.05) is 12.1 Å². The fourth-order valence-electron chi connectivity index (χ4n) is 4.54. The van der Waals surface area contributed by atoms with Gasteiger partial charge in [-0.25, -0.2) is 0 Å². The Hall–Kier alpha value is -2.12. The first kappa shape index (κ1) is 21.1. The molecule has 3 aliphatic heterocycles. The van der Waals surface area contributed by atoms with Crippen molar-refractivity contribution in [3.8, 4) is 0 Å². The van der Waals surface area contributed by atoms with Gasteiger partial charge in [0, 0.05) is 32.6 Å². The van der Waals surface area contributed by atoms with Gasteiger partial charge in [0.15, 0.2) is 0 Å². The molecule has 1 aromatic carbocycles. The number of carbonyl (C=O) groups is 1. The molecule has 3 heterocycles. The van der Waals surface area contributed by atoms with Crippen LogP contribution >= 0.6 is 0 Å². The maximum absolute atomic E-state index is 13.1. The second kappa shape index (κ2) is 8.55. The summed E-state index contributed by atoms with van der Waals surface area (Å²) in [4.78, 5) is 22.5. The van der Waals surface area contributed by atoms with Crippen LogP contribution in [0.1, 0.15) is 40.0 Å². The summed E-state index contributed by atoms with van der Waals surface area (Å²) in [6, 6.07) is 8.24. The number of para-hydroxylation sites is 2. The minimum atomic E-state index is -0.367. The summed E-state index contributed by atoms with van der Waals surface area (Å²) in [5.41, 5.74) is 1.55. The minimum Gasteiger partial charge on any atom is -0.379 e. The third kappa shape index (κ3) is 4.78. The van der Waals surface area contributed by atoms with Gasteiger partial charge in [0.1, 0.15) is 11.4 Å². The van der Waals surface area contributed by atoms with E-state index in [2.05, 4.69) is 48.4 Å². The molecule has 30 heavy (non-hydrogen) atoms. The molecule has 0 saturated carbocycles. The Morgan fingerprint density at radius 3 is 2.63 bits per heavy atom. The van der Waals surface area contributed by atoms with Gasteiger partial charge in [-0.15, -0.1) is 0 Å². The number of rotatable bonds is 3. The van der Waals surface area contributed by atoms with Crippen LogP contribution in [0.25, 0.3) is 0 Å². The number of likely N-dealkylation sites (tertiary alicyclic amines) is 1. The standard InChI is InChI=1S/C23H35N5O2/c1-22(2,3)26-21-23(25-19-8-5-4-7-18(19)24-21)10-6-11-28(17-23)20(29)9-12-27-13-15-30-16-14-27/h4-5,7-8,25H,6,9-17H2,1-3H3,(H,24,26). The first-order valence-corrected chi connectivity index (χ1v) is 11.2. The van der Waals surface area contributed by atoms with Gasteiger partial charge in [0.25, 0.3) is 0 Å². The van der Waals surface area contributed by atoms with E-state index in [1.807, 2.05) is 17.0 Å². The molecule has 4 rings (SSSR count). The third-order valence-corrected chi connectivity index (χ3v) is 6.05. The summed E-state index contributed by atoms with van der Waals surface area (Å²) in [7, 11) is 0. The molecule has 7 nitrogen and oxygen atoms in total. The summed E-state index contributed by atoms with van der Waals surface area (Å²) < 4.78 is 5.41. The van der Waals surface area contributed by atoms with E-state index in [1.165, 1.54) is 0 Å². The summed E-state index contributed by atoms with van der Waals surface area (Å²) in [6.07, 6.45) is 2.48. The zero-order valence-electron chi connectivity index (χ0n) is 18.5. The van der Waals surface area contributed by atoms with E-state index in [1.54, 1.807) is 0 Å². The quantitative estimate of drug-likeness (QED) is 0.798. The SMILES string of the molecule is CC(C)(C)N=C1Nc2ccccc2NC12CCCN(C(=O)CCN1CCOCC1)C2. The number of nitrogens with zero attached hydrogens (tertiary/aromatic N) is 3. The fraction of sp³-hybridized carbons (Fsp3) is 0.652. The van der Waals surface area contributed by atoms with Crippen LogP contribution in [0.4, 0.5) is 11.4 Å². The van der Waals surface area contributed by atoms with Crippen molar-refractivity contribution in [2.45, 2.75) is 51.1 Å². The molecule has 164 valence electrons. The van der Waals surface area contributed by atoms with Crippen LogP contribution in [0, 0.1) is 0 Å². The molecule has 0 bridgehead atoms. The van der Waals surface area contributed by atoms with Gasteiger partial charge in [-0.3, -0.25) is 14.7 Å². The van der Waals surface area contributed by atoms with Gasteiger partial charge >= 0.3 is 0 Å². The van der Waals surface area contributed by atoms with Crippen LogP contribution in [0.3, 0.4) is 0 Å². The predicted octanol–water partition coefficient (Wildman–Crippen LogP) is 2.80. The van der Waals surface area contributed by atoms with Crippen molar-refractivity contribution in [3.63, 3.8) is 0 Å². The topological polar surface area (TPSA) is 69.2 Å². The molecule has 3 aliphatic rings. The van der Waals surface area contributed by atoms with Crippen molar-refractivity contribution in [2.24, 2.45) is 4.99 Å². The molecule has 0 aliphatic carbocycles. The van der Waals surface area contributed by atoms with E-state index in [-0.39, 0.29) is 17.0 Å². The van der Waals surface area contributed by atoms with Crippen LogP contribution < -0.4 is 10.6 Å². The number of hydrogen-bond acceptors (Lipinski definition) is 5. The number of fused-ring (bicyclic) bond motifs is 1. The molecular formula is C23H35N5O2. The van der Waals surface area contributed by atoms with Crippen LogP contribution in [0.15, 0.2) is 29.3 Å². The molecule has 1 amide bonds. The van der Waals surface area contributed by atoms with Crippen LogP contribution in [0.2, 0.25) is 0 Å². The molecule has 0 aromatic heterocycles. The maximum Gasteiger partial charge on any atom is 0.223 e. The molecular weight excluding hydrogens is 378 g/mol. The average molecular weight is 414 g/mol. The van der Waals surface area contributed by atoms with Gasteiger partial charge in [-0.2, -0.15) is 0 Å². The summed E-state index contributed by atoms with van der Waals surface area (Å²) in [5, 5.41) is 7.35. The van der Waals surface area contributed by atoms with Crippen LogP contribution in [0.5, 0.6) is 0 Å². The number of carbonyl (C=O) groups excluding carboxylic acids is 1. The predicted molar refractivity (Wildman–Crippen MR) is 121 cm³/mol. The molecule has 7 heteroatoms. The van der Waals surface area contributed by atoms with Gasteiger partial charge in [0.2, 0.25) is 5.91 Å². The Kier molecular flexibility index (Phi) is 6.02. The zero-order valence-corrected chi connectivity index (χ0v) is 18.5. The molecule has 2 saturated heterocycles. The molecule has 1 aromatic rings. The summed E-state index contributed by atoms with van der Waals surface area (Å²) in [5.74, 6) is 1.18. The van der Waals surface area contributed by atoms with Crippen LogP contribution in [-0.2, 0) is 9.53 Å². The van der Waals surface area contributed by atoms with E-state index < -0.39 is 0 Å². The first-order chi connectivity index (χ1) is 14.3. The lowest BCUT2D eigenvalue weighted by Crippen LogP contribution is -2.63. The van der Waals surface area contributed by atoms with Crippen molar-refractivity contribution >= 4 is 23.1 Å². The van der Waals surface area contributed by atoms with E-state index >= 15 is 0 Å². The molecule has 0 radical (unpaired) electrons. The lowest BCUT2D eigenvalue weighted by atomic mass is 9.84. The van der Waals surface area contributed by atoms with E-state index in [9.17, 15) is 4.79 Å². The molecule has 1 spiro atoms. The number of amidine groups is 1. The largest absolute Gasteiger partial charge is 0.379 e. The Morgan fingerprint density at radius 1 is 1.17 bits per heavy atom. The fourth-order valence-corrected chi connectivity index (χ4v) is 4.54. The smallest absolute Gasteiger partial charge is 0.223 e. The highest BCUT2D eigenvalue weighted by atomic mass is 16.5. The summed E-state index contributed by atoms with van der Waals surface area (Å²) in [6.45, 7) is 12.0. The first-order valence-electron chi connectivity index (χ1n) is 11.2. The number of piperidine rings is 1. The van der Waals surface area contributed by atoms with E-state index in [0.29, 0.717) is 13.0 Å². The number of nitrogens with one attached hydrogen (secondary N) is 2. The number of benzene rings is 1. The van der Waals surface area contributed by atoms with Gasteiger partial charge in [-0.05, 0) is 45.7 Å². The lowest BCUT2D eigenvalue weighted by Gasteiger charge is -2.48. The average Bonchev–Trinajstić information content (AvgIpc) is 2.72. The monoisotopic (exact) mass is 413 g/mol. The zero-order chi connectivity index (χ0) is 21.2. The van der Waals surface area contributed by atoms with E-state index in [4.69, 9.17) is 9.73 Å². The maximum atomic E-state index is 13.1. The second-order valence-corrected chi connectivity index (χ2v) is 9.63. The molecule has 2 N–H and O–H groups in total. The number of hydrogen-bond donors (Lipinski definition) is 2. The highest BCUT2D eigenvalue weighted by Gasteiger charge is 2.45. The molecule has 1 unspecified atom stereocenters. The number of anilines is 2. The number of ether oxygens (including phenoxy) is 1. The van der Waals surface area contributed by atoms with Crippen molar-refractivity contribution < 1.29 is 9.53 Å². The Balaban J connectivity index is 1.52. The highest BCUT2D eigenvalue weighted by molar-refractivity contribution is 6.10. The Labute approximate surface area is 179 Å². The normalized spacial score (nSPS) is 26.2. The second-order valence-electron chi connectivity index (χ2n) is 9.63. The lowest BCUT2D eigenvalue weighted by molar-refractivity contribution is -0.133. The Morgan fingerprint density at radius 2 is 1.90 bits per heavy atom. The minimum absolute atomic E-state index is 0.202. The van der Waals surface area contributed by atoms with Crippen molar-refractivity contribution in [2.75, 3.05) is 56.6 Å². The van der Waals surface area contributed by atoms with Gasteiger partial charge in [0.05, 0.1) is 36.7 Å². The number of morpholine rings is 1. The summed E-state index contributed by atoms with van der Waals surface area (Å²) >= 11 is 0. The number of amides is 1. The third-order valence-electron chi connectivity index (χ3n) is 6.05. The highest BCUT2D eigenvalue weighted by Crippen LogP contribution is 2.37. The molecule has 1 atom stereocenters. The van der Waals surface area contributed by atoms with Crippen molar-refractivity contribution in [3.05, 3.63) is 24.3 Å². The van der Waals surface area contributed by atoms with Crippen molar-refractivity contribution in [1.29, 1.82) is 0 Å².